The first-order valence-electron chi connectivity index (χ1n) is 17.9. The van der Waals surface area contributed by atoms with Crippen LogP contribution in [0.4, 0.5) is 0 Å². The van der Waals surface area contributed by atoms with Crippen molar-refractivity contribution >= 4 is 49.7 Å². The van der Waals surface area contributed by atoms with Crippen molar-refractivity contribution in [3.05, 3.63) is 0 Å². The van der Waals surface area contributed by atoms with E-state index in [-0.39, 0.29) is 52.5 Å². The molecule has 0 aromatic carbocycles. The summed E-state index contributed by atoms with van der Waals surface area (Å²) in [5.74, 6) is -0.647. The number of hydrogen-bond donors (Lipinski definition) is 0. The first-order valence-corrected chi connectivity index (χ1v) is 17.9. The van der Waals surface area contributed by atoms with Crippen LogP contribution in [0.1, 0.15) is 222 Å². The van der Waals surface area contributed by atoms with Gasteiger partial charge >= 0.3 is 49.7 Å². The molecule has 0 aromatic heterocycles. The predicted molar refractivity (Wildman–Crippen MR) is 178 cm³/mol. The summed E-state index contributed by atoms with van der Waals surface area (Å²) in [5, 5.41) is 0. The molecule has 0 saturated heterocycles. The molecular formula is C36H72CaO3. The molecule has 0 rings (SSSR count). The van der Waals surface area contributed by atoms with E-state index in [0.29, 0.717) is 12.8 Å². The standard InChI is InChI=1S/C36H70O3.Ca.2H/c1-3-5-7-9-11-13-15-17-19-21-23-25-27-29-31-33-35(37)39-36(38)34-32-30-28-26-24-22-20-18-16-14-12-10-8-6-4-2;;;/h3-34H2,1-2H3;;;/q;+2;2*-1. The molecular weight excluding hydrogens is 520 g/mol. The average molecular weight is 593 g/mol. The first kappa shape index (κ1) is 42.5. The van der Waals surface area contributed by atoms with Crippen molar-refractivity contribution in [2.45, 2.75) is 219 Å². The number of esters is 2. The van der Waals surface area contributed by atoms with Gasteiger partial charge in [0.25, 0.3) is 0 Å². The fourth-order valence-corrected chi connectivity index (χ4v) is 5.51. The molecule has 40 heavy (non-hydrogen) atoms. The smallest absolute Gasteiger partial charge is 1.00 e. The van der Waals surface area contributed by atoms with Crippen LogP contribution in [0.2, 0.25) is 0 Å². The molecule has 0 N–H and O–H groups in total. The Labute approximate surface area is 284 Å². The Morgan fingerprint density at radius 2 is 0.525 bits per heavy atom. The molecule has 0 saturated carbocycles. The van der Waals surface area contributed by atoms with E-state index in [1.54, 1.807) is 0 Å². The van der Waals surface area contributed by atoms with Crippen LogP contribution in [0, 0.1) is 0 Å². The number of unbranched alkanes of at least 4 members (excludes halogenated alkanes) is 28. The third-order valence-corrected chi connectivity index (χ3v) is 8.20. The second-order valence-corrected chi connectivity index (χ2v) is 12.2. The Balaban J connectivity index is -0.00000241. The molecule has 0 aliphatic heterocycles. The van der Waals surface area contributed by atoms with Crippen LogP contribution in [-0.4, -0.2) is 49.7 Å². The normalized spacial score (nSPS) is 10.9. The van der Waals surface area contributed by atoms with Gasteiger partial charge < -0.3 is 7.59 Å². The van der Waals surface area contributed by atoms with Crippen molar-refractivity contribution in [1.82, 2.24) is 0 Å². The van der Waals surface area contributed by atoms with Gasteiger partial charge in [-0.1, -0.05) is 194 Å². The molecule has 0 aromatic rings. The van der Waals surface area contributed by atoms with E-state index in [0.717, 1.165) is 25.7 Å². The number of carbonyl (C=O) groups excluding carboxylic acids is 2. The van der Waals surface area contributed by atoms with Gasteiger partial charge in [0.05, 0.1) is 0 Å². The number of rotatable bonds is 32. The SMILES string of the molecule is CCCCCCCCCCCCCCCCCC(=O)OC(=O)CCCCCCCCCCCCCCCCC.[Ca+2].[H-].[H-]. The summed E-state index contributed by atoms with van der Waals surface area (Å²) in [4.78, 5) is 23.8. The molecule has 0 atom stereocenters. The third kappa shape index (κ3) is 36.4. The second kappa shape index (κ2) is 37.4. The van der Waals surface area contributed by atoms with Gasteiger partial charge in [0.15, 0.2) is 0 Å². The topological polar surface area (TPSA) is 43.4 Å². The molecule has 0 unspecified atom stereocenters. The Hall–Kier alpha value is 0.400. The molecule has 0 spiro atoms. The summed E-state index contributed by atoms with van der Waals surface area (Å²) in [5.41, 5.74) is 0. The van der Waals surface area contributed by atoms with Gasteiger partial charge in [0.2, 0.25) is 0 Å². The van der Waals surface area contributed by atoms with Crippen molar-refractivity contribution < 1.29 is 17.2 Å². The maximum absolute atomic E-state index is 11.9. The summed E-state index contributed by atoms with van der Waals surface area (Å²) in [7, 11) is 0. The van der Waals surface area contributed by atoms with E-state index in [4.69, 9.17) is 4.74 Å². The molecule has 0 aliphatic carbocycles. The number of ether oxygens (including phenoxy) is 1. The molecule has 4 heteroatoms. The van der Waals surface area contributed by atoms with E-state index in [9.17, 15) is 9.59 Å². The molecule has 3 nitrogen and oxygen atoms in total. The van der Waals surface area contributed by atoms with Crippen molar-refractivity contribution in [1.29, 1.82) is 0 Å². The van der Waals surface area contributed by atoms with E-state index < -0.39 is 0 Å². The Morgan fingerprint density at radius 3 is 0.725 bits per heavy atom. The van der Waals surface area contributed by atoms with Gasteiger partial charge in [-0.25, -0.2) is 0 Å². The Bertz CT molecular complexity index is 476. The monoisotopic (exact) mass is 593 g/mol. The van der Waals surface area contributed by atoms with Gasteiger partial charge in [-0.05, 0) is 12.8 Å². The molecule has 0 radical (unpaired) electrons. The second-order valence-electron chi connectivity index (χ2n) is 12.2. The van der Waals surface area contributed by atoms with E-state index >= 15 is 0 Å². The van der Waals surface area contributed by atoms with Crippen molar-refractivity contribution in [2.24, 2.45) is 0 Å². The van der Waals surface area contributed by atoms with E-state index in [2.05, 4.69) is 13.8 Å². The van der Waals surface area contributed by atoms with Crippen molar-refractivity contribution in [2.75, 3.05) is 0 Å². The van der Waals surface area contributed by atoms with E-state index in [1.807, 2.05) is 0 Å². The molecule has 0 fully saturated rings. The minimum atomic E-state index is -0.323. The fraction of sp³-hybridized carbons (Fsp3) is 0.944. The maximum atomic E-state index is 11.9. The fourth-order valence-electron chi connectivity index (χ4n) is 5.51. The van der Waals surface area contributed by atoms with Crippen LogP contribution >= 0.6 is 0 Å². The minimum Gasteiger partial charge on any atom is -1.00 e. The van der Waals surface area contributed by atoms with Gasteiger partial charge in [0.1, 0.15) is 0 Å². The van der Waals surface area contributed by atoms with Crippen LogP contribution in [0.5, 0.6) is 0 Å². The van der Waals surface area contributed by atoms with Gasteiger partial charge in [-0.15, -0.1) is 0 Å². The summed E-state index contributed by atoms with van der Waals surface area (Å²) >= 11 is 0. The predicted octanol–water partition coefficient (Wildman–Crippen LogP) is 12.4. The van der Waals surface area contributed by atoms with Gasteiger partial charge in [-0.2, -0.15) is 0 Å². The molecule has 0 heterocycles. The molecule has 0 amide bonds. The van der Waals surface area contributed by atoms with Crippen molar-refractivity contribution in [3.63, 3.8) is 0 Å². The van der Waals surface area contributed by atoms with Gasteiger partial charge in [-0.3, -0.25) is 9.59 Å². The summed E-state index contributed by atoms with van der Waals surface area (Å²) in [6.07, 6.45) is 40.1. The zero-order valence-electron chi connectivity index (χ0n) is 29.6. The van der Waals surface area contributed by atoms with Crippen molar-refractivity contribution in [3.8, 4) is 0 Å². The largest absolute Gasteiger partial charge is 2.00 e. The quantitative estimate of drug-likeness (QED) is 0.0338. The molecule has 236 valence electrons. The minimum absolute atomic E-state index is 0. The molecule has 0 aliphatic rings. The van der Waals surface area contributed by atoms with Crippen LogP contribution in [-0.2, 0) is 14.3 Å². The zero-order chi connectivity index (χ0) is 28.5. The summed E-state index contributed by atoms with van der Waals surface area (Å²) in [6.45, 7) is 4.55. The molecule has 0 bridgehead atoms. The number of carbonyl (C=O) groups is 2. The summed E-state index contributed by atoms with van der Waals surface area (Å²) < 4.78 is 5.01. The third-order valence-electron chi connectivity index (χ3n) is 8.20. The van der Waals surface area contributed by atoms with Crippen LogP contribution < -0.4 is 0 Å². The summed E-state index contributed by atoms with van der Waals surface area (Å²) in [6, 6.07) is 0. The van der Waals surface area contributed by atoms with Crippen LogP contribution in [0.3, 0.4) is 0 Å². The maximum Gasteiger partial charge on any atom is 2.00 e. The van der Waals surface area contributed by atoms with Gasteiger partial charge in [0, 0.05) is 12.8 Å². The van der Waals surface area contributed by atoms with Crippen LogP contribution in [0.15, 0.2) is 0 Å². The Kier molecular flexibility index (Phi) is 39.8. The zero-order valence-corrected chi connectivity index (χ0v) is 29.8. The van der Waals surface area contributed by atoms with Crippen LogP contribution in [0.25, 0.3) is 0 Å². The Morgan fingerprint density at radius 1 is 0.350 bits per heavy atom. The van der Waals surface area contributed by atoms with E-state index in [1.165, 1.54) is 167 Å². The first-order chi connectivity index (χ1) is 19.2. The average Bonchev–Trinajstić information content (AvgIpc) is 2.93. The number of hydrogen-bond acceptors (Lipinski definition) is 3.